The van der Waals surface area contributed by atoms with Crippen molar-refractivity contribution in [2.24, 2.45) is 10.9 Å². The van der Waals surface area contributed by atoms with Crippen LogP contribution in [0.3, 0.4) is 0 Å². The van der Waals surface area contributed by atoms with Crippen LogP contribution >= 0.6 is 0 Å². The van der Waals surface area contributed by atoms with Crippen molar-refractivity contribution in [3.05, 3.63) is 59.7 Å². The highest BCUT2D eigenvalue weighted by Crippen LogP contribution is 2.22. The van der Waals surface area contributed by atoms with E-state index in [-0.39, 0.29) is 28.0 Å². The van der Waals surface area contributed by atoms with Crippen molar-refractivity contribution in [3.63, 3.8) is 0 Å². The third-order valence-electron chi connectivity index (χ3n) is 6.31. The van der Waals surface area contributed by atoms with Crippen LogP contribution < -0.4 is 15.4 Å². The maximum atomic E-state index is 13.0. The molecule has 2 aromatic carbocycles. The van der Waals surface area contributed by atoms with Crippen molar-refractivity contribution in [2.75, 3.05) is 11.9 Å². The van der Waals surface area contributed by atoms with Crippen LogP contribution in [-0.4, -0.2) is 38.7 Å². The Kier molecular flexibility index (Phi) is 9.12. The lowest BCUT2D eigenvalue weighted by molar-refractivity contribution is -0.118. The summed E-state index contributed by atoms with van der Waals surface area (Å²) in [6.45, 7) is 10.6. The number of nitrogens with zero attached hydrogens (tertiary/aromatic N) is 1. The number of anilines is 1. The third-order valence-corrected chi connectivity index (χ3v) is 7.70. The van der Waals surface area contributed by atoms with Gasteiger partial charge in [0.25, 0.3) is 15.9 Å². The quantitative estimate of drug-likeness (QED) is 0.488. The van der Waals surface area contributed by atoms with Gasteiger partial charge in [0.2, 0.25) is 5.91 Å². The number of amides is 2. The Morgan fingerprint density at radius 3 is 2.16 bits per heavy atom. The highest BCUT2D eigenvalue weighted by Gasteiger charge is 2.25. The summed E-state index contributed by atoms with van der Waals surface area (Å²) in [6.07, 6.45) is 3.50. The number of benzene rings is 2. The molecular weight excluding hydrogens is 488 g/mol. The Bertz CT molecular complexity index is 1230. The van der Waals surface area contributed by atoms with Crippen LogP contribution in [0.2, 0.25) is 0 Å². The fourth-order valence-electron chi connectivity index (χ4n) is 3.99. The number of carbonyl (C=O) groups excluding carboxylic acids is 2. The summed E-state index contributed by atoms with van der Waals surface area (Å²) in [6, 6.07) is 12.5. The second kappa shape index (κ2) is 11.9. The maximum absolute atomic E-state index is 13.0. The summed E-state index contributed by atoms with van der Waals surface area (Å²) < 4.78 is 28.1. The molecular formula is C28H38N4O4S. The molecule has 37 heavy (non-hydrogen) atoms. The first kappa shape index (κ1) is 28.4. The molecule has 9 heteroatoms. The number of nitrogens with one attached hydrogen (secondary N) is 3. The van der Waals surface area contributed by atoms with Gasteiger partial charge in [-0.15, -0.1) is 0 Å². The molecule has 0 saturated heterocycles. The molecule has 0 aromatic heterocycles. The molecule has 1 heterocycles. The summed E-state index contributed by atoms with van der Waals surface area (Å²) in [5, 5.41) is 5.61. The van der Waals surface area contributed by atoms with Gasteiger partial charge in [0.1, 0.15) is 11.9 Å². The Balaban J connectivity index is 1.65. The van der Waals surface area contributed by atoms with Crippen molar-refractivity contribution >= 4 is 33.4 Å². The summed E-state index contributed by atoms with van der Waals surface area (Å²) in [5.74, 6) is -0.389. The van der Waals surface area contributed by atoms with E-state index < -0.39 is 16.1 Å². The number of hydrogen-bond acceptors (Lipinski definition) is 5. The Morgan fingerprint density at radius 1 is 0.919 bits per heavy atom. The smallest absolute Gasteiger partial charge is 0.262 e. The molecule has 2 aromatic rings. The molecule has 0 spiro atoms. The molecule has 0 radical (unpaired) electrons. The molecule has 0 aliphatic carbocycles. The van der Waals surface area contributed by atoms with Gasteiger partial charge in [0.15, 0.2) is 0 Å². The molecule has 3 N–H and O–H groups in total. The third kappa shape index (κ3) is 7.89. The molecule has 1 atom stereocenters. The van der Waals surface area contributed by atoms with Crippen LogP contribution in [0, 0.1) is 5.92 Å². The van der Waals surface area contributed by atoms with Crippen molar-refractivity contribution in [1.29, 1.82) is 0 Å². The summed E-state index contributed by atoms with van der Waals surface area (Å²) in [7, 11) is -3.76. The van der Waals surface area contributed by atoms with Gasteiger partial charge in [-0.1, -0.05) is 53.2 Å². The molecule has 1 aliphatic heterocycles. The standard InChI is InChI=1S/C28H38N4O4S/c1-19(2)25(31-26(33)20-10-12-21(13-11-20)28(3,4)5)27(34)30-22-14-16-23(17-15-22)37(35,36)32-24-9-7-6-8-18-29-24/h10-17,19,25H,6-9,18H2,1-5H3,(H,29,32)(H,30,34)(H,31,33)/t25-/m0/s1. The number of aliphatic imine (C=N–C) groups is 1. The largest absolute Gasteiger partial charge is 0.340 e. The van der Waals surface area contributed by atoms with Gasteiger partial charge in [0, 0.05) is 24.2 Å². The van der Waals surface area contributed by atoms with Crippen LogP contribution in [0.1, 0.15) is 76.2 Å². The lowest BCUT2D eigenvalue weighted by Gasteiger charge is -2.22. The second-order valence-electron chi connectivity index (χ2n) is 10.8. The predicted molar refractivity (Wildman–Crippen MR) is 147 cm³/mol. The lowest BCUT2D eigenvalue weighted by Crippen LogP contribution is -2.47. The second-order valence-corrected chi connectivity index (χ2v) is 12.5. The van der Waals surface area contributed by atoms with Crippen LogP contribution in [0.5, 0.6) is 0 Å². The molecule has 2 amide bonds. The molecule has 1 aliphatic rings. The Hall–Kier alpha value is -3.20. The SMILES string of the molecule is CC(C)[C@H](NC(=O)c1ccc(C(C)(C)C)cc1)C(=O)Nc1ccc(S(=O)(=O)NC2=NCCCCC2)cc1. The summed E-state index contributed by atoms with van der Waals surface area (Å²) in [5.41, 5.74) is 2.01. The first-order valence-electron chi connectivity index (χ1n) is 12.8. The fourth-order valence-corrected chi connectivity index (χ4v) is 5.08. The van der Waals surface area contributed by atoms with Crippen molar-refractivity contribution < 1.29 is 18.0 Å². The highest BCUT2D eigenvalue weighted by atomic mass is 32.2. The monoisotopic (exact) mass is 526 g/mol. The van der Waals surface area contributed by atoms with E-state index >= 15 is 0 Å². The van der Waals surface area contributed by atoms with Crippen LogP contribution in [0.15, 0.2) is 58.4 Å². The highest BCUT2D eigenvalue weighted by molar-refractivity contribution is 7.90. The topological polar surface area (TPSA) is 117 Å². The van der Waals surface area contributed by atoms with Gasteiger partial charge in [0.05, 0.1) is 4.90 Å². The van der Waals surface area contributed by atoms with E-state index in [1.165, 1.54) is 24.3 Å². The minimum atomic E-state index is -3.76. The van der Waals surface area contributed by atoms with E-state index in [9.17, 15) is 18.0 Å². The number of rotatable bonds is 7. The number of amidine groups is 1. The molecule has 0 saturated carbocycles. The van der Waals surface area contributed by atoms with E-state index in [0.29, 0.717) is 30.1 Å². The van der Waals surface area contributed by atoms with E-state index in [0.717, 1.165) is 24.8 Å². The van der Waals surface area contributed by atoms with Crippen LogP contribution in [-0.2, 0) is 20.2 Å². The van der Waals surface area contributed by atoms with Crippen LogP contribution in [0.25, 0.3) is 0 Å². The molecule has 0 unspecified atom stereocenters. The first-order valence-corrected chi connectivity index (χ1v) is 14.2. The zero-order valence-electron chi connectivity index (χ0n) is 22.3. The van der Waals surface area contributed by atoms with Gasteiger partial charge in [-0.2, -0.15) is 0 Å². The number of carbonyl (C=O) groups is 2. The minimum Gasteiger partial charge on any atom is -0.340 e. The molecule has 0 fully saturated rings. The zero-order chi connectivity index (χ0) is 27.2. The average Bonchev–Trinajstić information content (AvgIpc) is 3.10. The lowest BCUT2D eigenvalue weighted by atomic mass is 9.86. The first-order chi connectivity index (χ1) is 17.4. The van der Waals surface area contributed by atoms with Gasteiger partial charge >= 0.3 is 0 Å². The molecule has 0 bridgehead atoms. The summed E-state index contributed by atoms with van der Waals surface area (Å²) in [4.78, 5) is 30.3. The molecule has 200 valence electrons. The Labute approximate surface area is 220 Å². The minimum absolute atomic E-state index is 0.0241. The van der Waals surface area contributed by atoms with Gasteiger partial charge in [-0.3, -0.25) is 19.3 Å². The zero-order valence-corrected chi connectivity index (χ0v) is 23.1. The van der Waals surface area contributed by atoms with Crippen molar-refractivity contribution in [2.45, 2.75) is 76.7 Å². The van der Waals surface area contributed by atoms with Gasteiger partial charge in [-0.05, 0) is 66.1 Å². The summed E-state index contributed by atoms with van der Waals surface area (Å²) >= 11 is 0. The molecule has 3 rings (SSSR count). The number of sulfonamides is 1. The van der Waals surface area contributed by atoms with E-state index in [4.69, 9.17) is 0 Å². The number of hydrogen-bond donors (Lipinski definition) is 3. The van der Waals surface area contributed by atoms with E-state index in [2.05, 4.69) is 41.1 Å². The van der Waals surface area contributed by atoms with E-state index in [1.807, 2.05) is 26.0 Å². The van der Waals surface area contributed by atoms with Crippen molar-refractivity contribution in [1.82, 2.24) is 10.0 Å². The Morgan fingerprint density at radius 2 is 1.57 bits per heavy atom. The molecule has 8 nitrogen and oxygen atoms in total. The van der Waals surface area contributed by atoms with Crippen LogP contribution in [0.4, 0.5) is 5.69 Å². The fraction of sp³-hybridized carbons (Fsp3) is 0.464. The maximum Gasteiger partial charge on any atom is 0.262 e. The van der Waals surface area contributed by atoms with Gasteiger partial charge < -0.3 is 10.6 Å². The normalized spacial score (nSPS) is 15.4. The average molecular weight is 527 g/mol. The van der Waals surface area contributed by atoms with Crippen molar-refractivity contribution in [3.8, 4) is 0 Å². The van der Waals surface area contributed by atoms with Gasteiger partial charge in [-0.25, -0.2) is 8.42 Å². The van der Waals surface area contributed by atoms with E-state index in [1.54, 1.807) is 12.1 Å². The predicted octanol–water partition coefficient (Wildman–Crippen LogP) is 4.63.